The topological polar surface area (TPSA) is 83.4 Å². The Labute approximate surface area is 205 Å². The zero-order chi connectivity index (χ0) is 24.9. The standard InChI is InChI=1S/C28H31NO6/c1-17-25(28(31)35-13-12-32-2)26(21-16-20(33-3)10-11-24(21)34-4)27-22(29-17)14-19(15-23(27)30)18-8-6-5-7-9-18/h5-11,16,19,25-26H,12-15H2,1-4H3/t19-,25?,26+/m0/s1. The largest absolute Gasteiger partial charge is 0.497 e. The van der Waals surface area contributed by atoms with Gasteiger partial charge in [-0.3, -0.25) is 14.6 Å². The highest BCUT2D eigenvalue weighted by molar-refractivity contribution is 6.09. The lowest BCUT2D eigenvalue weighted by Gasteiger charge is -2.37. The normalized spacial score (nSPS) is 21.8. The van der Waals surface area contributed by atoms with E-state index in [2.05, 4.69) is 0 Å². The molecule has 1 heterocycles. The molecule has 0 saturated carbocycles. The minimum Gasteiger partial charge on any atom is -0.497 e. The first-order chi connectivity index (χ1) is 17.0. The van der Waals surface area contributed by atoms with Gasteiger partial charge in [-0.2, -0.15) is 0 Å². The Hall–Kier alpha value is -3.45. The first kappa shape index (κ1) is 24.7. The molecule has 2 aromatic rings. The van der Waals surface area contributed by atoms with Crippen molar-refractivity contribution >= 4 is 17.5 Å². The second kappa shape index (κ2) is 10.9. The first-order valence-corrected chi connectivity index (χ1v) is 11.7. The highest BCUT2D eigenvalue weighted by Gasteiger charge is 2.45. The lowest BCUT2D eigenvalue weighted by molar-refractivity contribution is -0.147. The molecule has 0 fully saturated rings. The van der Waals surface area contributed by atoms with E-state index in [4.69, 9.17) is 23.9 Å². The molecular weight excluding hydrogens is 446 g/mol. The van der Waals surface area contributed by atoms with Crippen molar-refractivity contribution in [2.24, 2.45) is 10.9 Å². The summed E-state index contributed by atoms with van der Waals surface area (Å²) >= 11 is 0. The molecule has 184 valence electrons. The van der Waals surface area contributed by atoms with Crippen LogP contribution in [0, 0.1) is 5.92 Å². The number of allylic oxidation sites excluding steroid dienone is 2. The minimum absolute atomic E-state index is 0.0130. The van der Waals surface area contributed by atoms with Crippen molar-refractivity contribution in [2.45, 2.75) is 31.6 Å². The summed E-state index contributed by atoms with van der Waals surface area (Å²) < 4.78 is 21.7. The zero-order valence-electron chi connectivity index (χ0n) is 20.6. The summed E-state index contributed by atoms with van der Waals surface area (Å²) in [6, 6.07) is 15.4. The monoisotopic (exact) mass is 477 g/mol. The third-order valence-electron chi connectivity index (χ3n) is 6.72. The van der Waals surface area contributed by atoms with Crippen LogP contribution in [0.4, 0.5) is 0 Å². The molecule has 3 atom stereocenters. The highest BCUT2D eigenvalue weighted by atomic mass is 16.6. The van der Waals surface area contributed by atoms with E-state index in [1.807, 2.05) is 43.3 Å². The number of nitrogens with zero attached hydrogens (tertiary/aromatic N) is 1. The molecule has 0 amide bonds. The number of hydrogen-bond acceptors (Lipinski definition) is 7. The van der Waals surface area contributed by atoms with Crippen LogP contribution in [-0.2, 0) is 19.1 Å². The van der Waals surface area contributed by atoms with E-state index in [-0.39, 0.29) is 24.9 Å². The van der Waals surface area contributed by atoms with Gasteiger partial charge in [0.25, 0.3) is 0 Å². The van der Waals surface area contributed by atoms with Gasteiger partial charge in [0.2, 0.25) is 0 Å². The molecular formula is C28H31NO6. The van der Waals surface area contributed by atoms with Crippen LogP contribution in [0.2, 0.25) is 0 Å². The number of carbonyl (C=O) groups is 2. The number of methoxy groups -OCH3 is 3. The molecule has 0 bridgehead atoms. The van der Waals surface area contributed by atoms with E-state index in [0.717, 1.165) is 11.3 Å². The Morgan fingerprint density at radius 2 is 1.77 bits per heavy atom. The summed E-state index contributed by atoms with van der Waals surface area (Å²) in [5, 5.41) is 0. The van der Waals surface area contributed by atoms with Crippen LogP contribution in [-0.4, -0.2) is 52.0 Å². The molecule has 4 rings (SSSR count). The summed E-state index contributed by atoms with van der Waals surface area (Å²) in [4.78, 5) is 31.8. The van der Waals surface area contributed by atoms with Crippen LogP contribution in [0.15, 0.2) is 64.8 Å². The van der Waals surface area contributed by atoms with E-state index < -0.39 is 17.8 Å². The number of aliphatic imine (C=N–C) groups is 1. The summed E-state index contributed by atoms with van der Waals surface area (Å²) in [7, 11) is 4.70. The number of Topliss-reactive ketones (excluding diaryl/α,β-unsaturated/α-hetero) is 1. The first-order valence-electron chi connectivity index (χ1n) is 11.7. The number of esters is 1. The Kier molecular flexibility index (Phi) is 7.66. The lowest BCUT2D eigenvalue weighted by atomic mass is 9.69. The van der Waals surface area contributed by atoms with Gasteiger partial charge in [0.05, 0.1) is 20.8 Å². The third kappa shape index (κ3) is 5.00. The van der Waals surface area contributed by atoms with Crippen molar-refractivity contribution in [1.29, 1.82) is 0 Å². The molecule has 1 aliphatic heterocycles. The highest BCUT2D eigenvalue weighted by Crippen LogP contribution is 2.49. The van der Waals surface area contributed by atoms with Gasteiger partial charge < -0.3 is 18.9 Å². The second-order valence-corrected chi connectivity index (χ2v) is 8.78. The maximum absolute atomic E-state index is 13.7. The van der Waals surface area contributed by atoms with E-state index in [0.29, 0.717) is 41.2 Å². The lowest BCUT2D eigenvalue weighted by Crippen LogP contribution is -2.38. The molecule has 0 aromatic heterocycles. The maximum atomic E-state index is 13.7. The van der Waals surface area contributed by atoms with E-state index in [9.17, 15) is 9.59 Å². The second-order valence-electron chi connectivity index (χ2n) is 8.78. The van der Waals surface area contributed by atoms with Crippen LogP contribution in [0.1, 0.15) is 42.7 Å². The average Bonchev–Trinajstić information content (AvgIpc) is 2.87. The van der Waals surface area contributed by atoms with Crippen molar-refractivity contribution in [1.82, 2.24) is 0 Å². The molecule has 2 aromatic carbocycles. The Bertz CT molecular complexity index is 1150. The number of carbonyl (C=O) groups excluding carboxylic acids is 2. The molecule has 7 heteroatoms. The van der Waals surface area contributed by atoms with Crippen LogP contribution >= 0.6 is 0 Å². The Balaban J connectivity index is 1.82. The molecule has 0 N–H and O–H groups in total. The average molecular weight is 478 g/mol. The van der Waals surface area contributed by atoms with Crippen molar-refractivity contribution in [2.75, 3.05) is 34.5 Å². The van der Waals surface area contributed by atoms with Crippen LogP contribution in [0.25, 0.3) is 0 Å². The van der Waals surface area contributed by atoms with E-state index in [1.54, 1.807) is 33.5 Å². The molecule has 1 aliphatic carbocycles. The van der Waals surface area contributed by atoms with Crippen LogP contribution in [0.5, 0.6) is 11.5 Å². The smallest absolute Gasteiger partial charge is 0.315 e. The summed E-state index contributed by atoms with van der Waals surface area (Å²) in [5.74, 6) is -0.582. The fraction of sp³-hybridized carbons (Fsp3) is 0.393. The van der Waals surface area contributed by atoms with Crippen molar-refractivity contribution in [3.63, 3.8) is 0 Å². The fourth-order valence-corrected chi connectivity index (χ4v) is 5.06. The molecule has 0 radical (unpaired) electrons. The van der Waals surface area contributed by atoms with Gasteiger partial charge in [0.1, 0.15) is 24.0 Å². The Morgan fingerprint density at radius 3 is 2.46 bits per heavy atom. The molecule has 0 spiro atoms. The van der Waals surface area contributed by atoms with E-state index >= 15 is 0 Å². The van der Waals surface area contributed by atoms with Crippen LogP contribution in [0.3, 0.4) is 0 Å². The van der Waals surface area contributed by atoms with Crippen molar-refractivity contribution in [3.05, 3.63) is 70.9 Å². The maximum Gasteiger partial charge on any atom is 0.315 e. The SMILES string of the molecule is COCCOC(=O)C1C(C)=NC2=C(C(=O)C[C@@H](c3ccccc3)C2)[C@@H]1c1cc(OC)ccc1OC. The van der Waals surface area contributed by atoms with Gasteiger partial charge in [0, 0.05) is 42.0 Å². The van der Waals surface area contributed by atoms with Gasteiger partial charge >= 0.3 is 5.97 Å². The van der Waals surface area contributed by atoms with Gasteiger partial charge in [0.15, 0.2) is 5.78 Å². The van der Waals surface area contributed by atoms with Crippen molar-refractivity contribution in [3.8, 4) is 11.5 Å². The summed E-state index contributed by atoms with van der Waals surface area (Å²) in [6.07, 6.45) is 0.974. The predicted octanol–water partition coefficient (Wildman–Crippen LogP) is 4.47. The minimum atomic E-state index is -0.760. The quantitative estimate of drug-likeness (QED) is 0.412. The predicted molar refractivity (Wildman–Crippen MR) is 132 cm³/mol. The molecule has 35 heavy (non-hydrogen) atoms. The van der Waals surface area contributed by atoms with Gasteiger partial charge in [-0.1, -0.05) is 30.3 Å². The number of ether oxygens (including phenoxy) is 4. The number of hydrogen-bond donors (Lipinski definition) is 0. The molecule has 1 unspecified atom stereocenters. The molecule has 0 saturated heterocycles. The fourth-order valence-electron chi connectivity index (χ4n) is 5.06. The molecule has 7 nitrogen and oxygen atoms in total. The number of rotatable bonds is 8. The zero-order valence-corrected chi connectivity index (χ0v) is 20.6. The van der Waals surface area contributed by atoms with E-state index in [1.165, 1.54) is 0 Å². The van der Waals surface area contributed by atoms with Crippen LogP contribution < -0.4 is 9.47 Å². The summed E-state index contributed by atoms with van der Waals surface area (Å²) in [6.45, 7) is 2.23. The van der Waals surface area contributed by atoms with Gasteiger partial charge in [-0.15, -0.1) is 0 Å². The summed E-state index contributed by atoms with van der Waals surface area (Å²) in [5.41, 5.74) is 3.71. The van der Waals surface area contributed by atoms with Crippen molar-refractivity contribution < 1.29 is 28.5 Å². The van der Waals surface area contributed by atoms with Gasteiger partial charge in [-0.25, -0.2) is 0 Å². The number of benzene rings is 2. The molecule has 2 aliphatic rings. The third-order valence-corrected chi connectivity index (χ3v) is 6.72. The van der Waals surface area contributed by atoms with Gasteiger partial charge in [-0.05, 0) is 43.0 Å². The number of ketones is 1. The Morgan fingerprint density at radius 1 is 1.00 bits per heavy atom.